The SMILES string of the molecule is CN(Cc1ccc(C#CCO)cc1)C(=O)N1CCOCC1. The second kappa shape index (κ2) is 7.67. The van der Waals surface area contributed by atoms with Gasteiger partial charge < -0.3 is 19.6 Å². The van der Waals surface area contributed by atoms with Gasteiger partial charge in [0, 0.05) is 32.2 Å². The number of ether oxygens (including phenoxy) is 1. The molecule has 1 heterocycles. The zero-order valence-electron chi connectivity index (χ0n) is 12.2. The third-order valence-corrected chi connectivity index (χ3v) is 3.29. The van der Waals surface area contributed by atoms with Crippen molar-refractivity contribution in [1.82, 2.24) is 9.80 Å². The molecule has 1 aliphatic heterocycles. The number of aliphatic hydroxyl groups is 1. The highest BCUT2D eigenvalue weighted by atomic mass is 16.5. The lowest BCUT2D eigenvalue weighted by atomic mass is 10.1. The van der Waals surface area contributed by atoms with Gasteiger partial charge in [-0.05, 0) is 17.7 Å². The molecule has 1 N–H and O–H groups in total. The molecule has 0 aromatic heterocycles. The molecular formula is C16H20N2O3. The summed E-state index contributed by atoms with van der Waals surface area (Å²) < 4.78 is 5.25. The van der Waals surface area contributed by atoms with Gasteiger partial charge in [0.1, 0.15) is 6.61 Å². The Balaban J connectivity index is 1.92. The molecule has 1 aromatic carbocycles. The molecule has 2 rings (SSSR count). The Morgan fingerprint density at radius 1 is 1.33 bits per heavy atom. The summed E-state index contributed by atoms with van der Waals surface area (Å²) in [6.45, 7) is 2.94. The molecule has 0 radical (unpaired) electrons. The summed E-state index contributed by atoms with van der Waals surface area (Å²) in [5.74, 6) is 5.46. The summed E-state index contributed by atoms with van der Waals surface area (Å²) in [4.78, 5) is 15.8. The normalized spacial score (nSPS) is 14.3. The predicted molar refractivity (Wildman–Crippen MR) is 79.7 cm³/mol. The van der Waals surface area contributed by atoms with E-state index in [4.69, 9.17) is 9.84 Å². The van der Waals surface area contributed by atoms with Crippen LogP contribution in [-0.4, -0.2) is 60.9 Å². The van der Waals surface area contributed by atoms with Crippen LogP contribution in [0.4, 0.5) is 4.79 Å². The van der Waals surface area contributed by atoms with Crippen LogP contribution in [0.25, 0.3) is 0 Å². The van der Waals surface area contributed by atoms with Gasteiger partial charge >= 0.3 is 6.03 Å². The van der Waals surface area contributed by atoms with Crippen molar-refractivity contribution in [2.75, 3.05) is 40.0 Å². The van der Waals surface area contributed by atoms with Gasteiger partial charge in [0.2, 0.25) is 0 Å². The summed E-state index contributed by atoms with van der Waals surface area (Å²) >= 11 is 0. The topological polar surface area (TPSA) is 53.0 Å². The molecular weight excluding hydrogens is 268 g/mol. The van der Waals surface area contributed by atoms with E-state index in [1.54, 1.807) is 11.9 Å². The molecule has 1 aromatic rings. The molecule has 2 amide bonds. The standard InChI is InChI=1S/C16H20N2O3/c1-17(16(20)18-8-11-21-12-9-18)13-15-6-4-14(5-7-15)3-2-10-19/h4-7,19H,8-13H2,1H3. The first kappa shape index (κ1) is 15.4. The van der Waals surface area contributed by atoms with Crippen LogP contribution in [0.1, 0.15) is 11.1 Å². The Labute approximate surface area is 125 Å². The molecule has 0 unspecified atom stereocenters. The summed E-state index contributed by atoms with van der Waals surface area (Å²) in [6.07, 6.45) is 0. The number of amides is 2. The zero-order chi connectivity index (χ0) is 15.1. The second-order valence-electron chi connectivity index (χ2n) is 4.89. The Kier molecular flexibility index (Phi) is 5.61. The molecule has 5 heteroatoms. The maximum atomic E-state index is 12.3. The van der Waals surface area contributed by atoms with Crippen molar-refractivity contribution >= 4 is 6.03 Å². The van der Waals surface area contributed by atoms with E-state index in [0.29, 0.717) is 32.8 Å². The maximum Gasteiger partial charge on any atom is 0.320 e. The summed E-state index contributed by atoms with van der Waals surface area (Å²) in [7, 11) is 1.80. The average molecular weight is 288 g/mol. The zero-order valence-corrected chi connectivity index (χ0v) is 12.2. The van der Waals surface area contributed by atoms with E-state index in [9.17, 15) is 4.79 Å². The van der Waals surface area contributed by atoms with E-state index in [1.807, 2.05) is 29.2 Å². The molecule has 21 heavy (non-hydrogen) atoms. The molecule has 0 saturated carbocycles. The van der Waals surface area contributed by atoms with Gasteiger partial charge in [0.15, 0.2) is 0 Å². The van der Waals surface area contributed by atoms with Crippen molar-refractivity contribution < 1.29 is 14.6 Å². The van der Waals surface area contributed by atoms with E-state index in [-0.39, 0.29) is 12.6 Å². The van der Waals surface area contributed by atoms with Gasteiger partial charge in [-0.2, -0.15) is 0 Å². The first-order valence-electron chi connectivity index (χ1n) is 6.97. The van der Waals surface area contributed by atoms with Crippen LogP contribution in [0.2, 0.25) is 0 Å². The lowest BCUT2D eigenvalue weighted by Gasteiger charge is -2.31. The Morgan fingerprint density at radius 3 is 2.62 bits per heavy atom. The third kappa shape index (κ3) is 4.48. The summed E-state index contributed by atoms with van der Waals surface area (Å²) in [6, 6.07) is 7.72. The van der Waals surface area contributed by atoms with E-state index >= 15 is 0 Å². The molecule has 112 valence electrons. The number of carbonyl (C=O) groups excluding carboxylic acids is 1. The van der Waals surface area contributed by atoms with Gasteiger partial charge in [-0.15, -0.1) is 0 Å². The Hall–Kier alpha value is -2.03. The van der Waals surface area contributed by atoms with Crippen molar-refractivity contribution in [1.29, 1.82) is 0 Å². The molecule has 5 nitrogen and oxygen atoms in total. The number of morpholine rings is 1. The quantitative estimate of drug-likeness (QED) is 0.823. The molecule has 1 aliphatic rings. The number of benzene rings is 1. The smallest absolute Gasteiger partial charge is 0.320 e. The number of hydrogen-bond donors (Lipinski definition) is 1. The Morgan fingerprint density at radius 2 is 2.00 bits per heavy atom. The van der Waals surface area contributed by atoms with E-state index in [0.717, 1.165) is 11.1 Å². The molecule has 1 fully saturated rings. The van der Waals surface area contributed by atoms with E-state index in [1.165, 1.54) is 0 Å². The number of nitrogens with zero attached hydrogens (tertiary/aromatic N) is 2. The molecule has 0 spiro atoms. The van der Waals surface area contributed by atoms with Gasteiger partial charge in [-0.25, -0.2) is 4.79 Å². The number of hydrogen-bond acceptors (Lipinski definition) is 3. The van der Waals surface area contributed by atoms with Crippen LogP contribution < -0.4 is 0 Å². The fraction of sp³-hybridized carbons (Fsp3) is 0.438. The fourth-order valence-corrected chi connectivity index (χ4v) is 2.17. The van der Waals surface area contributed by atoms with Crippen molar-refractivity contribution in [2.45, 2.75) is 6.54 Å². The maximum absolute atomic E-state index is 12.3. The number of rotatable bonds is 2. The first-order valence-corrected chi connectivity index (χ1v) is 6.97. The van der Waals surface area contributed by atoms with Crippen molar-refractivity contribution in [3.05, 3.63) is 35.4 Å². The van der Waals surface area contributed by atoms with Crippen LogP contribution in [0.5, 0.6) is 0 Å². The van der Waals surface area contributed by atoms with Crippen LogP contribution in [-0.2, 0) is 11.3 Å². The number of carbonyl (C=O) groups is 1. The van der Waals surface area contributed by atoms with Gasteiger partial charge in [0.25, 0.3) is 0 Å². The van der Waals surface area contributed by atoms with Gasteiger partial charge in [-0.3, -0.25) is 0 Å². The minimum absolute atomic E-state index is 0.0300. The highest BCUT2D eigenvalue weighted by Gasteiger charge is 2.20. The highest BCUT2D eigenvalue weighted by molar-refractivity contribution is 5.74. The lowest BCUT2D eigenvalue weighted by Crippen LogP contribution is -2.46. The lowest BCUT2D eigenvalue weighted by molar-refractivity contribution is 0.0448. The van der Waals surface area contributed by atoms with Crippen molar-refractivity contribution in [3.8, 4) is 11.8 Å². The number of urea groups is 1. The summed E-state index contributed by atoms with van der Waals surface area (Å²) in [5, 5.41) is 8.65. The van der Waals surface area contributed by atoms with Crippen LogP contribution in [0.3, 0.4) is 0 Å². The van der Waals surface area contributed by atoms with E-state index in [2.05, 4.69) is 11.8 Å². The molecule has 1 saturated heterocycles. The van der Waals surface area contributed by atoms with Gasteiger partial charge in [-0.1, -0.05) is 24.0 Å². The predicted octanol–water partition coefficient (Wildman–Crippen LogP) is 0.914. The van der Waals surface area contributed by atoms with Gasteiger partial charge in [0.05, 0.1) is 13.2 Å². The van der Waals surface area contributed by atoms with Crippen molar-refractivity contribution in [3.63, 3.8) is 0 Å². The highest BCUT2D eigenvalue weighted by Crippen LogP contribution is 2.09. The second-order valence-corrected chi connectivity index (χ2v) is 4.89. The monoisotopic (exact) mass is 288 g/mol. The van der Waals surface area contributed by atoms with Crippen LogP contribution in [0.15, 0.2) is 24.3 Å². The summed E-state index contributed by atoms with van der Waals surface area (Å²) in [5.41, 5.74) is 1.91. The molecule has 0 bridgehead atoms. The fourth-order valence-electron chi connectivity index (χ4n) is 2.17. The number of aliphatic hydroxyl groups excluding tert-OH is 1. The molecule has 0 aliphatic carbocycles. The average Bonchev–Trinajstić information content (AvgIpc) is 2.54. The Bertz CT molecular complexity index is 525. The molecule has 0 atom stereocenters. The third-order valence-electron chi connectivity index (χ3n) is 3.29. The largest absolute Gasteiger partial charge is 0.384 e. The minimum atomic E-state index is -0.140. The minimum Gasteiger partial charge on any atom is -0.384 e. The van der Waals surface area contributed by atoms with E-state index < -0.39 is 0 Å². The first-order chi connectivity index (χ1) is 10.2. The van der Waals surface area contributed by atoms with Crippen LogP contribution >= 0.6 is 0 Å². The van der Waals surface area contributed by atoms with Crippen molar-refractivity contribution in [2.24, 2.45) is 0 Å². The van der Waals surface area contributed by atoms with Crippen LogP contribution in [0, 0.1) is 11.8 Å².